The zero-order valence-corrected chi connectivity index (χ0v) is 16.1. The summed E-state index contributed by atoms with van der Waals surface area (Å²) in [5, 5.41) is 14.8. The summed E-state index contributed by atoms with van der Waals surface area (Å²) in [5.74, 6) is -1.81. The smallest absolute Gasteiger partial charge is 0.326 e. The molecule has 2 atom stereocenters. The number of carbonyl (C=O) groups is 3. The molecule has 0 aliphatic carbocycles. The maximum Gasteiger partial charge on any atom is 0.326 e. The molecular formula is C22H26N2O4. The second-order valence-corrected chi connectivity index (χ2v) is 6.79. The van der Waals surface area contributed by atoms with E-state index in [9.17, 15) is 19.5 Å². The zero-order valence-electron chi connectivity index (χ0n) is 16.1. The minimum atomic E-state index is -1.10. The van der Waals surface area contributed by atoms with Crippen LogP contribution in [-0.4, -0.2) is 28.9 Å². The lowest BCUT2D eigenvalue weighted by Gasteiger charge is -2.17. The molecule has 0 spiro atoms. The highest BCUT2D eigenvalue weighted by Gasteiger charge is 2.21. The van der Waals surface area contributed by atoms with Crippen LogP contribution in [-0.2, 0) is 20.8 Å². The van der Waals surface area contributed by atoms with E-state index in [2.05, 4.69) is 10.6 Å². The van der Waals surface area contributed by atoms with Gasteiger partial charge in [-0.15, -0.1) is 0 Å². The van der Waals surface area contributed by atoms with E-state index in [1.54, 1.807) is 0 Å². The summed E-state index contributed by atoms with van der Waals surface area (Å²) < 4.78 is 0. The van der Waals surface area contributed by atoms with E-state index in [0.717, 1.165) is 16.7 Å². The summed E-state index contributed by atoms with van der Waals surface area (Å²) in [6.45, 7) is 3.77. The average molecular weight is 382 g/mol. The predicted octanol–water partition coefficient (Wildman–Crippen LogP) is 2.76. The molecule has 0 saturated carbocycles. The van der Waals surface area contributed by atoms with E-state index in [4.69, 9.17) is 0 Å². The first-order valence-corrected chi connectivity index (χ1v) is 9.27. The Labute approximate surface area is 165 Å². The molecule has 0 bridgehead atoms. The number of amides is 2. The molecule has 0 aromatic heterocycles. The van der Waals surface area contributed by atoms with Crippen molar-refractivity contribution in [2.75, 3.05) is 0 Å². The highest BCUT2D eigenvalue weighted by atomic mass is 16.4. The summed E-state index contributed by atoms with van der Waals surface area (Å²) in [6, 6.07) is 15.8. The monoisotopic (exact) mass is 382 g/mol. The molecule has 148 valence electrons. The van der Waals surface area contributed by atoms with Gasteiger partial charge in [0.25, 0.3) is 0 Å². The van der Waals surface area contributed by atoms with Crippen molar-refractivity contribution in [3.8, 4) is 0 Å². The lowest BCUT2D eigenvalue weighted by atomic mass is 10.0. The van der Waals surface area contributed by atoms with Gasteiger partial charge in [0.2, 0.25) is 11.8 Å². The number of nitrogens with one attached hydrogen (secondary N) is 2. The number of benzene rings is 2. The van der Waals surface area contributed by atoms with Crippen LogP contribution in [0.3, 0.4) is 0 Å². The van der Waals surface area contributed by atoms with Crippen molar-refractivity contribution in [2.24, 2.45) is 0 Å². The van der Waals surface area contributed by atoms with Crippen LogP contribution in [0.1, 0.15) is 42.5 Å². The molecule has 2 rings (SSSR count). The number of carboxylic acid groups (broad SMARTS) is 1. The van der Waals surface area contributed by atoms with Gasteiger partial charge in [0.05, 0.1) is 6.04 Å². The molecular weight excluding hydrogens is 356 g/mol. The summed E-state index contributed by atoms with van der Waals surface area (Å²) >= 11 is 0. The Morgan fingerprint density at radius 3 is 2.07 bits per heavy atom. The Kier molecular flexibility index (Phi) is 7.75. The minimum Gasteiger partial charge on any atom is -0.480 e. The van der Waals surface area contributed by atoms with Crippen molar-refractivity contribution in [3.63, 3.8) is 0 Å². The largest absolute Gasteiger partial charge is 0.480 e. The Morgan fingerprint density at radius 1 is 0.893 bits per heavy atom. The quantitative estimate of drug-likeness (QED) is 0.621. The van der Waals surface area contributed by atoms with Crippen LogP contribution in [0.2, 0.25) is 0 Å². The number of carbonyl (C=O) groups excluding carboxylic acids is 2. The number of hydrogen-bond acceptors (Lipinski definition) is 3. The Hall–Kier alpha value is -3.15. The molecule has 0 unspecified atom stereocenters. The van der Waals surface area contributed by atoms with Gasteiger partial charge >= 0.3 is 5.97 Å². The van der Waals surface area contributed by atoms with E-state index >= 15 is 0 Å². The number of carboxylic acids is 1. The molecule has 6 nitrogen and oxygen atoms in total. The van der Waals surface area contributed by atoms with Crippen LogP contribution in [0, 0.1) is 6.92 Å². The van der Waals surface area contributed by atoms with Crippen molar-refractivity contribution >= 4 is 17.8 Å². The molecule has 2 aromatic rings. The Morgan fingerprint density at radius 2 is 1.46 bits per heavy atom. The van der Waals surface area contributed by atoms with Crippen molar-refractivity contribution in [3.05, 3.63) is 71.3 Å². The first-order valence-electron chi connectivity index (χ1n) is 9.27. The zero-order chi connectivity index (χ0) is 20.5. The standard InChI is InChI=1S/C22H26N2O4/c1-15-8-6-7-11-18(15)14-19(22(27)28)24-21(26)13-12-20(25)23-16(2)17-9-4-3-5-10-17/h3-11,16,19H,12-14H2,1-2H3,(H,23,25)(H,24,26)(H,27,28)/t16-,19+/m1/s1. The van der Waals surface area contributed by atoms with Crippen molar-refractivity contribution in [1.29, 1.82) is 0 Å². The number of aryl methyl sites for hydroxylation is 1. The summed E-state index contributed by atoms with van der Waals surface area (Å²) in [5.41, 5.74) is 2.81. The van der Waals surface area contributed by atoms with Gasteiger partial charge in [-0.3, -0.25) is 9.59 Å². The van der Waals surface area contributed by atoms with E-state index in [-0.39, 0.29) is 31.2 Å². The van der Waals surface area contributed by atoms with Crippen LogP contribution >= 0.6 is 0 Å². The Balaban J connectivity index is 1.83. The van der Waals surface area contributed by atoms with E-state index in [1.165, 1.54) is 0 Å². The maximum atomic E-state index is 12.1. The molecule has 0 radical (unpaired) electrons. The van der Waals surface area contributed by atoms with Gasteiger partial charge in [0.15, 0.2) is 0 Å². The van der Waals surface area contributed by atoms with Crippen LogP contribution in [0.4, 0.5) is 0 Å². The molecule has 28 heavy (non-hydrogen) atoms. The molecule has 0 saturated heterocycles. The van der Waals surface area contributed by atoms with Crippen LogP contribution in [0.15, 0.2) is 54.6 Å². The number of hydrogen-bond donors (Lipinski definition) is 3. The van der Waals surface area contributed by atoms with E-state index in [0.29, 0.717) is 0 Å². The second-order valence-electron chi connectivity index (χ2n) is 6.79. The lowest BCUT2D eigenvalue weighted by Crippen LogP contribution is -2.42. The first-order chi connectivity index (χ1) is 13.4. The van der Waals surface area contributed by atoms with Gasteiger partial charge in [-0.25, -0.2) is 4.79 Å². The highest BCUT2D eigenvalue weighted by molar-refractivity contribution is 5.87. The summed E-state index contributed by atoms with van der Waals surface area (Å²) in [4.78, 5) is 35.7. The van der Waals surface area contributed by atoms with Gasteiger partial charge in [-0.05, 0) is 30.5 Å². The third-order valence-corrected chi connectivity index (χ3v) is 4.57. The normalized spacial score (nSPS) is 12.6. The van der Waals surface area contributed by atoms with Gasteiger partial charge in [-0.1, -0.05) is 54.6 Å². The molecule has 2 amide bonds. The average Bonchev–Trinajstić information content (AvgIpc) is 2.68. The molecule has 0 aliphatic heterocycles. The van der Waals surface area contributed by atoms with Crippen molar-refractivity contribution < 1.29 is 19.5 Å². The second kappa shape index (κ2) is 10.3. The van der Waals surface area contributed by atoms with Crippen molar-refractivity contribution in [1.82, 2.24) is 10.6 Å². The third kappa shape index (κ3) is 6.54. The molecule has 3 N–H and O–H groups in total. The fourth-order valence-corrected chi connectivity index (χ4v) is 2.89. The molecule has 2 aromatic carbocycles. The molecule has 0 aliphatic rings. The van der Waals surface area contributed by atoms with E-state index in [1.807, 2.05) is 68.4 Å². The van der Waals surface area contributed by atoms with Gasteiger partial charge < -0.3 is 15.7 Å². The first kappa shape index (κ1) is 21.2. The third-order valence-electron chi connectivity index (χ3n) is 4.57. The van der Waals surface area contributed by atoms with Gasteiger partial charge in [0, 0.05) is 19.3 Å². The number of rotatable bonds is 9. The predicted molar refractivity (Wildman–Crippen MR) is 107 cm³/mol. The highest BCUT2D eigenvalue weighted by Crippen LogP contribution is 2.12. The van der Waals surface area contributed by atoms with Gasteiger partial charge in [-0.2, -0.15) is 0 Å². The SMILES string of the molecule is Cc1ccccc1C[C@H](NC(=O)CCC(=O)N[C@H](C)c1ccccc1)C(=O)O. The van der Waals surface area contributed by atoms with E-state index < -0.39 is 17.9 Å². The maximum absolute atomic E-state index is 12.1. The van der Waals surface area contributed by atoms with Crippen molar-refractivity contribution in [2.45, 2.75) is 45.2 Å². The number of aliphatic carboxylic acids is 1. The fourth-order valence-electron chi connectivity index (χ4n) is 2.89. The van der Waals surface area contributed by atoms with Crippen LogP contribution in [0.25, 0.3) is 0 Å². The fraction of sp³-hybridized carbons (Fsp3) is 0.318. The summed E-state index contributed by atoms with van der Waals surface area (Å²) in [6.07, 6.45) is 0.135. The molecule has 6 heteroatoms. The minimum absolute atomic E-state index is 0.000287. The van der Waals surface area contributed by atoms with Crippen LogP contribution in [0.5, 0.6) is 0 Å². The van der Waals surface area contributed by atoms with Crippen LogP contribution < -0.4 is 10.6 Å². The van der Waals surface area contributed by atoms with Gasteiger partial charge in [0.1, 0.15) is 6.04 Å². The Bertz CT molecular complexity index is 820. The topological polar surface area (TPSA) is 95.5 Å². The summed E-state index contributed by atoms with van der Waals surface area (Å²) in [7, 11) is 0. The molecule has 0 heterocycles. The lowest BCUT2D eigenvalue weighted by molar-refractivity contribution is -0.141. The molecule has 0 fully saturated rings.